The van der Waals surface area contributed by atoms with Crippen LogP contribution in [0.3, 0.4) is 0 Å². The van der Waals surface area contributed by atoms with Crippen molar-refractivity contribution in [2.24, 2.45) is 4.99 Å². The van der Waals surface area contributed by atoms with Crippen LogP contribution in [0.5, 0.6) is 0 Å². The Morgan fingerprint density at radius 2 is 2.20 bits per heavy atom. The van der Waals surface area contributed by atoms with Crippen LogP contribution in [0.1, 0.15) is 34.1 Å². The minimum Gasteiger partial charge on any atom is -0.375 e. The number of guanidine groups is 1. The van der Waals surface area contributed by atoms with E-state index in [1.807, 2.05) is 7.05 Å². The summed E-state index contributed by atoms with van der Waals surface area (Å²) in [6, 6.07) is 0.340. The minimum absolute atomic E-state index is 0.0596. The van der Waals surface area contributed by atoms with E-state index in [0.29, 0.717) is 6.04 Å². The van der Waals surface area contributed by atoms with Gasteiger partial charge in [0, 0.05) is 7.05 Å². The molecule has 0 saturated carbocycles. The molecule has 0 aliphatic carbocycles. The molecular formula is C11H22N4. The van der Waals surface area contributed by atoms with Crippen molar-refractivity contribution in [3.8, 4) is 0 Å². The van der Waals surface area contributed by atoms with Crippen LogP contribution in [0.15, 0.2) is 16.9 Å². The smallest absolute Gasteiger partial charge is 0.197 e. The third-order valence-corrected chi connectivity index (χ3v) is 2.41. The van der Waals surface area contributed by atoms with Gasteiger partial charge in [-0.1, -0.05) is 6.92 Å². The Hall–Kier alpha value is -1.19. The summed E-state index contributed by atoms with van der Waals surface area (Å²) in [4.78, 5) is 4.56. The maximum absolute atomic E-state index is 4.56. The zero-order chi connectivity index (χ0) is 11.5. The molecule has 0 bridgehead atoms. The van der Waals surface area contributed by atoms with E-state index in [9.17, 15) is 0 Å². The Morgan fingerprint density at radius 3 is 2.73 bits per heavy atom. The first-order valence-corrected chi connectivity index (χ1v) is 5.50. The molecule has 0 saturated heterocycles. The molecule has 1 atom stereocenters. The van der Waals surface area contributed by atoms with Gasteiger partial charge in [-0.2, -0.15) is 0 Å². The van der Waals surface area contributed by atoms with E-state index < -0.39 is 0 Å². The van der Waals surface area contributed by atoms with Crippen molar-refractivity contribution < 1.29 is 0 Å². The van der Waals surface area contributed by atoms with Gasteiger partial charge < -0.3 is 16.0 Å². The minimum atomic E-state index is -0.0596. The van der Waals surface area contributed by atoms with Crippen LogP contribution in [0.25, 0.3) is 0 Å². The molecule has 0 aromatic heterocycles. The molecule has 86 valence electrons. The second-order valence-electron chi connectivity index (χ2n) is 4.51. The Labute approximate surface area is 92.2 Å². The SMILES string of the molecule is CCC(C)N=C1NC(NC)=CC(C)(C)N1. The Balaban J connectivity index is 2.81. The van der Waals surface area contributed by atoms with Crippen LogP contribution in [-0.2, 0) is 0 Å². The Bertz CT molecular complexity index is 278. The fraction of sp³-hybridized carbons (Fsp3) is 0.727. The fourth-order valence-corrected chi connectivity index (χ4v) is 1.41. The molecule has 1 unspecified atom stereocenters. The van der Waals surface area contributed by atoms with Crippen LogP contribution >= 0.6 is 0 Å². The van der Waals surface area contributed by atoms with Crippen molar-refractivity contribution in [3.05, 3.63) is 11.9 Å². The Kier molecular flexibility index (Phi) is 3.61. The van der Waals surface area contributed by atoms with Crippen molar-refractivity contribution in [1.29, 1.82) is 0 Å². The van der Waals surface area contributed by atoms with Gasteiger partial charge in [0.1, 0.15) is 5.82 Å². The molecule has 0 aromatic carbocycles. The van der Waals surface area contributed by atoms with Gasteiger partial charge in [-0.05, 0) is 33.3 Å². The lowest BCUT2D eigenvalue weighted by molar-refractivity contribution is 0.529. The topological polar surface area (TPSA) is 48.5 Å². The van der Waals surface area contributed by atoms with Crippen molar-refractivity contribution in [1.82, 2.24) is 16.0 Å². The van der Waals surface area contributed by atoms with Crippen LogP contribution in [0.4, 0.5) is 0 Å². The quantitative estimate of drug-likeness (QED) is 0.655. The summed E-state index contributed by atoms with van der Waals surface area (Å²) in [6.07, 6.45) is 3.16. The lowest BCUT2D eigenvalue weighted by Crippen LogP contribution is -2.54. The summed E-state index contributed by atoms with van der Waals surface area (Å²) in [5.74, 6) is 1.85. The molecule has 0 fully saturated rings. The molecule has 0 amide bonds. The van der Waals surface area contributed by atoms with Crippen molar-refractivity contribution in [2.75, 3.05) is 7.05 Å². The molecule has 4 heteroatoms. The molecular weight excluding hydrogens is 188 g/mol. The summed E-state index contributed by atoms with van der Waals surface area (Å²) in [6.45, 7) is 8.49. The normalized spacial score (nSPS) is 23.8. The van der Waals surface area contributed by atoms with E-state index in [4.69, 9.17) is 0 Å². The summed E-state index contributed by atoms with van der Waals surface area (Å²) in [5, 5.41) is 9.67. The van der Waals surface area contributed by atoms with Crippen LogP contribution in [-0.4, -0.2) is 24.6 Å². The molecule has 4 nitrogen and oxygen atoms in total. The first-order chi connectivity index (χ1) is 6.96. The highest BCUT2D eigenvalue weighted by Crippen LogP contribution is 2.10. The van der Waals surface area contributed by atoms with Gasteiger partial charge in [0.15, 0.2) is 5.96 Å². The van der Waals surface area contributed by atoms with Gasteiger partial charge >= 0.3 is 0 Å². The van der Waals surface area contributed by atoms with Gasteiger partial charge in [-0.25, -0.2) is 4.99 Å². The number of nitrogens with zero attached hydrogens (tertiary/aromatic N) is 1. The summed E-state index contributed by atoms with van der Waals surface area (Å²) < 4.78 is 0. The number of nitrogens with one attached hydrogen (secondary N) is 3. The molecule has 1 aliphatic rings. The van der Waals surface area contributed by atoms with E-state index in [0.717, 1.165) is 18.2 Å². The zero-order valence-corrected chi connectivity index (χ0v) is 10.3. The summed E-state index contributed by atoms with van der Waals surface area (Å²) >= 11 is 0. The highest BCUT2D eigenvalue weighted by atomic mass is 15.3. The van der Waals surface area contributed by atoms with Crippen molar-refractivity contribution in [3.63, 3.8) is 0 Å². The second-order valence-corrected chi connectivity index (χ2v) is 4.51. The molecule has 0 radical (unpaired) electrons. The van der Waals surface area contributed by atoms with Gasteiger partial charge in [-0.15, -0.1) is 0 Å². The number of hydrogen-bond acceptors (Lipinski definition) is 2. The van der Waals surface area contributed by atoms with Crippen molar-refractivity contribution >= 4 is 5.96 Å². The van der Waals surface area contributed by atoms with E-state index in [-0.39, 0.29) is 5.54 Å². The lowest BCUT2D eigenvalue weighted by Gasteiger charge is -2.32. The highest BCUT2D eigenvalue weighted by Gasteiger charge is 2.22. The molecule has 3 N–H and O–H groups in total. The molecule has 0 aromatic rings. The maximum Gasteiger partial charge on any atom is 0.197 e. The monoisotopic (exact) mass is 210 g/mol. The van der Waals surface area contributed by atoms with Gasteiger partial charge in [0.2, 0.25) is 0 Å². The van der Waals surface area contributed by atoms with Gasteiger partial charge in [0.05, 0.1) is 11.6 Å². The number of aliphatic imine (C=N–C) groups is 1. The fourth-order valence-electron chi connectivity index (χ4n) is 1.41. The predicted octanol–water partition coefficient (Wildman–Crippen LogP) is 1.17. The average Bonchev–Trinajstić information content (AvgIpc) is 2.15. The van der Waals surface area contributed by atoms with E-state index >= 15 is 0 Å². The molecule has 1 aliphatic heterocycles. The third kappa shape index (κ3) is 3.46. The molecule has 0 spiro atoms. The number of rotatable bonds is 3. The van der Waals surface area contributed by atoms with E-state index in [2.05, 4.69) is 54.7 Å². The summed E-state index contributed by atoms with van der Waals surface area (Å²) in [5.41, 5.74) is -0.0596. The van der Waals surface area contributed by atoms with E-state index in [1.165, 1.54) is 0 Å². The average molecular weight is 210 g/mol. The Morgan fingerprint density at radius 1 is 1.53 bits per heavy atom. The van der Waals surface area contributed by atoms with E-state index in [1.54, 1.807) is 0 Å². The highest BCUT2D eigenvalue weighted by molar-refractivity contribution is 5.83. The predicted molar refractivity (Wildman–Crippen MR) is 64.7 cm³/mol. The largest absolute Gasteiger partial charge is 0.375 e. The lowest BCUT2D eigenvalue weighted by atomic mass is 10.0. The first-order valence-electron chi connectivity index (χ1n) is 5.50. The first kappa shape index (κ1) is 11.9. The molecule has 15 heavy (non-hydrogen) atoms. The summed E-state index contributed by atoms with van der Waals surface area (Å²) in [7, 11) is 1.90. The van der Waals surface area contributed by atoms with Crippen LogP contribution < -0.4 is 16.0 Å². The van der Waals surface area contributed by atoms with Crippen LogP contribution in [0.2, 0.25) is 0 Å². The number of hydrogen-bond donors (Lipinski definition) is 3. The van der Waals surface area contributed by atoms with Gasteiger partial charge in [0.25, 0.3) is 0 Å². The van der Waals surface area contributed by atoms with Crippen LogP contribution in [0, 0.1) is 0 Å². The maximum atomic E-state index is 4.56. The standard InChI is InChI=1S/C11H22N4/c1-6-8(2)13-10-14-9(12-5)7-11(3,4)15-10/h7-8,12H,6H2,1-5H3,(H2,13,14,15). The molecule has 1 rings (SSSR count). The third-order valence-electron chi connectivity index (χ3n) is 2.41. The second kappa shape index (κ2) is 4.55. The van der Waals surface area contributed by atoms with Crippen molar-refractivity contribution in [2.45, 2.75) is 45.7 Å². The zero-order valence-electron chi connectivity index (χ0n) is 10.3. The van der Waals surface area contributed by atoms with Gasteiger partial charge in [-0.3, -0.25) is 0 Å². The molecule has 1 heterocycles.